The van der Waals surface area contributed by atoms with Crippen LogP contribution in [-0.2, 0) is 0 Å². The van der Waals surface area contributed by atoms with E-state index in [1.54, 1.807) is 39.3 Å². The van der Waals surface area contributed by atoms with Gasteiger partial charge in [-0.25, -0.2) is 4.39 Å². The number of nitrogens with two attached hydrogens (primary N) is 1. The van der Waals surface area contributed by atoms with Gasteiger partial charge in [0.25, 0.3) is 0 Å². The van der Waals surface area contributed by atoms with Gasteiger partial charge in [-0.3, -0.25) is 0 Å². The second-order valence-corrected chi connectivity index (χ2v) is 5.12. The zero-order chi connectivity index (χ0) is 15.6. The molecule has 1 atom stereocenters. The first kappa shape index (κ1) is 15.6. The van der Waals surface area contributed by atoms with E-state index in [0.29, 0.717) is 27.6 Å². The van der Waals surface area contributed by atoms with E-state index < -0.39 is 6.04 Å². The average Bonchev–Trinajstić information content (AvgIpc) is 2.49. The fourth-order valence-electron chi connectivity index (χ4n) is 2.16. The lowest BCUT2D eigenvalue weighted by molar-refractivity contribution is 0.390. The van der Waals surface area contributed by atoms with Crippen LogP contribution in [0.3, 0.4) is 0 Å². The maximum atomic E-state index is 13.5. The molecule has 0 bridgehead atoms. The molecule has 0 saturated heterocycles. The molecule has 0 aliphatic heterocycles. The van der Waals surface area contributed by atoms with E-state index in [-0.39, 0.29) is 5.82 Å². The Morgan fingerprint density at radius 2 is 1.81 bits per heavy atom. The first-order chi connectivity index (χ1) is 9.97. The highest BCUT2D eigenvalue weighted by molar-refractivity contribution is 6.31. The minimum Gasteiger partial charge on any atom is -0.497 e. The molecule has 3 nitrogen and oxygen atoms in total. The van der Waals surface area contributed by atoms with Crippen LogP contribution in [0.5, 0.6) is 11.5 Å². The van der Waals surface area contributed by atoms with Gasteiger partial charge in [0, 0.05) is 16.7 Å². The molecular formula is C16H17ClFNO2. The van der Waals surface area contributed by atoms with E-state index in [1.165, 1.54) is 6.07 Å². The van der Waals surface area contributed by atoms with Crippen molar-refractivity contribution >= 4 is 11.6 Å². The smallest absolute Gasteiger partial charge is 0.127 e. The number of ether oxygens (including phenoxy) is 2. The molecule has 2 N–H and O–H groups in total. The molecule has 0 amide bonds. The Hall–Kier alpha value is -1.78. The molecule has 0 aliphatic carbocycles. The highest BCUT2D eigenvalue weighted by Crippen LogP contribution is 2.35. The van der Waals surface area contributed by atoms with Gasteiger partial charge in [-0.15, -0.1) is 0 Å². The lowest BCUT2D eigenvalue weighted by Crippen LogP contribution is -2.14. The zero-order valence-corrected chi connectivity index (χ0v) is 12.9. The number of aryl methyl sites for hydroxylation is 1. The molecule has 0 heterocycles. The first-order valence-electron chi connectivity index (χ1n) is 6.41. The Bertz CT molecular complexity index is 661. The molecular weight excluding hydrogens is 293 g/mol. The largest absolute Gasteiger partial charge is 0.497 e. The summed E-state index contributed by atoms with van der Waals surface area (Å²) < 4.78 is 24.0. The SMILES string of the molecule is COc1ccc(C(N)c2cc(C)c(F)cc2Cl)c(OC)c1. The summed E-state index contributed by atoms with van der Waals surface area (Å²) in [4.78, 5) is 0. The van der Waals surface area contributed by atoms with Crippen molar-refractivity contribution in [3.63, 3.8) is 0 Å². The van der Waals surface area contributed by atoms with Gasteiger partial charge in [0.1, 0.15) is 17.3 Å². The topological polar surface area (TPSA) is 44.5 Å². The van der Waals surface area contributed by atoms with Gasteiger partial charge in [-0.05, 0) is 42.3 Å². The van der Waals surface area contributed by atoms with Gasteiger partial charge >= 0.3 is 0 Å². The average molecular weight is 310 g/mol. The molecule has 2 aromatic rings. The van der Waals surface area contributed by atoms with Crippen LogP contribution in [0.4, 0.5) is 4.39 Å². The third-order valence-electron chi connectivity index (χ3n) is 3.39. The van der Waals surface area contributed by atoms with E-state index in [0.717, 1.165) is 5.56 Å². The van der Waals surface area contributed by atoms with Crippen LogP contribution in [-0.4, -0.2) is 14.2 Å². The third kappa shape index (κ3) is 3.12. The van der Waals surface area contributed by atoms with Gasteiger partial charge in [0.2, 0.25) is 0 Å². The molecule has 5 heteroatoms. The van der Waals surface area contributed by atoms with Crippen LogP contribution in [0.1, 0.15) is 22.7 Å². The fraction of sp³-hybridized carbons (Fsp3) is 0.250. The molecule has 1 unspecified atom stereocenters. The van der Waals surface area contributed by atoms with E-state index >= 15 is 0 Å². The van der Waals surface area contributed by atoms with Crippen LogP contribution in [0.2, 0.25) is 5.02 Å². The van der Waals surface area contributed by atoms with Crippen molar-refractivity contribution in [2.24, 2.45) is 5.73 Å². The summed E-state index contributed by atoms with van der Waals surface area (Å²) >= 11 is 6.11. The summed E-state index contributed by atoms with van der Waals surface area (Å²) in [6.45, 7) is 1.67. The Labute approximate surface area is 128 Å². The Kier molecular flexibility index (Phi) is 4.70. The summed E-state index contributed by atoms with van der Waals surface area (Å²) in [5, 5.41) is 0.295. The molecule has 0 radical (unpaired) electrons. The van der Waals surface area contributed by atoms with Gasteiger partial charge in [-0.1, -0.05) is 11.6 Å². The molecule has 0 saturated carbocycles. The van der Waals surface area contributed by atoms with Crippen LogP contribution >= 0.6 is 11.6 Å². The molecule has 0 spiro atoms. The van der Waals surface area contributed by atoms with Crippen LogP contribution in [0.25, 0.3) is 0 Å². The number of halogens is 2. The molecule has 2 aromatic carbocycles. The van der Waals surface area contributed by atoms with Crippen molar-refractivity contribution in [3.8, 4) is 11.5 Å². The second kappa shape index (κ2) is 6.33. The van der Waals surface area contributed by atoms with Gasteiger partial charge in [0.05, 0.1) is 20.3 Å². The van der Waals surface area contributed by atoms with E-state index in [1.807, 2.05) is 6.07 Å². The standard InChI is InChI=1S/C16H17ClFNO2/c1-9-6-12(13(17)8-14(9)18)16(19)11-5-4-10(20-2)7-15(11)21-3/h4-8,16H,19H2,1-3H3. The van der Waals surface area contributed by atoms with E-state index in [9.17, 15) is 4.39 Å². The molecule has 0 aromatic heterocycles. The number of methoxy groups -OCH3 is 2. The summed E-state index contributed by atoms with van der Waals surface area (Å²) in [6, 6.07) is 7.78. The van der Waals surface area contributed by atoms with Gasteiger partial charge in [0.15, 0.2) is 0 Å². The van der Waals surface area contributed by atoms with Crippen molar-refractivity contribution in [1.29, 1.82) is 0 Å². The quantitative estimate of drug-likeness (QED) is 0.933. The molecule has 0 aliphatic rings. The minimum absolute atomic E-state index is 0.295. The van der Waals surface area contributed by atoms with Crippen molar-refractivity contribution in [3.05, 3.63) is 57.9 Å². The van der Waals surface area contributed by atoms with Crippen molar-refractivity contribution in [2.75, 3.05) is 14.2 Å². The lowest BCUT2D eigenvalue weighted by Gasteiger charge is -2.18. The predicted molar refractivity (Wildman–Crippen MR) is 81.7 cm³/mol. The highest BCUT2D eigenvalue weighted by atomic mass is 35.5. The summed E-state index contributed by atoms with van der Waals surface area (Å²) in [6.07, 6.45) is 0. The number of hydrogen-bond acceptors (Lipinski definition) is 3. The molecule has 2 rings (SSSR count). The molecule has 112 valence electrons. The maximum absolute atomic E-state index is 13.5. The lowest BCUT2D eigenvalue weighted by atomic mass is 9.97. The van der Waals surface area contributed by atoms with Crippen molar-refractivity contribution in [2.45, 2.75) is 13.0 Å². The summed E-state index contributed by atoms with van der Waals surface area (Å²) in [5.74, 6) is 0.918. The fourth-order valence-corrected chi connectivity index (χ4v) is 2.43. The number of hydrogen-bond donors (Lipinski definition) is 1. The number of benzene rings is 2. The predicted octanol–water partition coefficient (Wildman–Crippen LogP) is 3.85. The maximum Gasteiger partial charge on any atom is 0.127 e. The number of rotatable bonds is 4. The molecule has 21 heavy (non-hydrogen) atoms. The normalized spacial score (nSPS) is 12.1. The first-order valence-corrected chi connectivity index (χ1v) is 6.78. The van der Waals surface area contributed by atoms with Crippen LogP contribution < -0.4 is 15.2 Å². The van der Waals surface area contributed by atoms with Gasteiger partial charge in [-0.2, -0.15) is 0 Å². The van der Waals surface area contributed by atoms with E-state index in [4.69, 9.17) is 26.8 Å². The Morgan fingerprint density at radius 1 is 1.10 bits per heavy atom. The van der Waals surface area contributed by atoms with Gasteiger partial charge < -0.3 is 15.2 Å². The Morgan fingerprint density at radius 3 is 2.43 bits per heavy atom. The van der Waals surface area contributed by atoms with Crippen molar-refractivity contribution in [1.82, 2.24) is 0 Å². The van der Waals surface area contributed by atoms with Crippen LogP contribution in [0.15, 0.2) is 30.3 Å². The summed E-state index contributed by atoms with van der Waals surface area (Å²) in [7, 11) is 3.14. The second-order valence-electron chi connectivity index (χ2n) is 4.71. The summed E-state index contributed by atoms with van der Waals surface area (Å²) in [5.41, 5.74) is 8.18. The zero-order valence-electron chi connectivity index (χ0n) is 12.1. The highest BCUT2D eigenvalue weighted by Gasteiger charge is 2.18. The van der Waals surface area contributed by atoms with Crippen molar-refractivity contribution < 1.29 is 13.9 Å². The minimum atomic E-state index is -0.516. The van der Waals surface area contributed by atoms with Crippen LogP contribution in [0, 0.1) is 12.7 Å². The molecule has 0 fully saturated rings. The third-order valence-corrected chi connectivity index (χ3v) is 3.72. The Balaban J connectivity index is 2.49. The monoisotopic (exact) mass is 309 g/mol. The van der Waals surface area contributed by atoms with E-state index in [2.05, 4.69) is 0 Å².